The van der Waals surface area contributed by atoms with Crippen molar-refractivity contribution in [3.8, 4) is 0 Å². The van der Waals surface area contributed by atoms with Crippen molar-refractivity contribution >= 4 is 5.96 Å². The molecular formula is C12H23N3O. The smallest absolute Gasteiger partial charge is 0.189 e. The molecule has 2 aliphatic carbocycles. The van der Waals surface area contributed by atoms with Gasteiger partial charge in [-0.2, -0.15) is 0 Å². The molecule has 4 heteroatoms. The largest absolute Gasteiger partial charge is 0.383 e. The fourth-order valence-corrected chi connectivity index (χ4v) is 2.48. The Kier molecular flexibility index (Phi) is 3.69. The molecule has 1 unspecified atom stereocenters. The van der Waals surface area contributed by atoms with Gasteiger partial charge >= 0.3 is 0 Å². The lowest BCUT2D eigenvalue weighted by atomic mass is 9.81. The van der Waals surface area contributed by atoms with Crippen LogP contribution in [0.25, 0.3) is 0 Å². The Bertz CT molecular complexity index is 263. The molecule has 0 bridgehead atoms. The van der Waals surface area contributed by atoms with Gasteiger partial charge in [0.2, 0.25) is 0 Å². The van der Waals surface area contributed by atoms with E-state index in [2.05, 4.69) is 10.3 Å². The van der Waals surface area contributed by atoms with Crippen LogP contribution in [0.1, 0.15) is 32.6 Å². The van der Waals surface area contributed by atoms with E-state index in [9.17, 15) is 0 Å². The van der Waals surface area contributed by atoms with Crippen LogP contribution in [0.2, 0.25) is 0 Å². The zero-order chi connectivity index (χ0) is 11.5. The maximum atomic E-state index is 5.85. The quantitative estimate of drug-likeness (QED) is 0.544. The summed E-state index contributed by atoms with van der Waals surface area (Å²) in [6, 6.07) is 0.724. The van der Waals surface area contributed by atoms with Crippen LogP contribution >= 0.6 is 0 Å². The average Bonchev–Trinajstić information content (AvgIpc) is 2.80. The van der Waals surface area contributed by atoms with E-state index < -0.39 is 0 Å². The summed E-state index contributed by atoms with van der Waals surface area (Å²) in [7, 11) is 1.69. The minimum Gasteiger partial charge on any atom is -0.383 e. The highest BCUT2D eigenvalue weighted by Crippen LogP contribution is 2.48. The Balaban J connectivity index is 1.70. The number of rotatable bonds is 5. The molecule has 0 radical (unpaired) electrons. The zero-order valence-corrected chi connectivity index (χ0v) is 10.3. The van der Waals surface area contributed by atoms with E-state index in [1.807, 2.05) is 6.92 Å². The molecule has 2 saturated carbocycles. The predicted octanol–water partition coefficient (Wildman–Crippen LogP) is 1.11. The number of aliphatic imine (C=N–C) groups is 1. The minimum absolute atomic E-state index is 0.231. The molecule has 0 amide bonds. The molecule has 92 valence electrons. The van der Waals surface area contributed by atoms with Gasteiger partial charge in [-0.1, -0.05) is 19.3 Å². The molecular weight excluding hydrogens is 202 g/mol. The first kappa shape index (κ1) is 11.7. The number of nitrogens with zero attached hydrogens (tertiary/aromatic N) is 1. The Morgan fingerprint density at radius 1 is 1.56 bits per heavy atom. The van der Waals surface area contributed by atoms with E-state index in [0.717, 1.165) is 11.8 Å². The average molecular weight is 225 g/mol. The van der Waals surface area contributed by atoms with E-state index in [1.54, 1.807) is 7.11 Å². The summed E-state index contributed by atoms with van der Waals surface area (Å²) in [5, 5.41) is 3.15. The number of ether oxygens (including phenoxy) is 1. The summed E-state index contributed by atoms with van der Waals surface area (Å²) in [5.41, 5.74) is 5.85. The molecule has 0 aromatic carbocycles. The highest BCUT2D eigenvalue weighted by molar-refractivity contribution is 5.78. The van der Waals surface area contributed by atoms with Crippen molar-refractivity contribution < 1.29 is 4.74 Å². The molecule has 4 nitrogen and oxygen atoms in total. The number of methoxy groups -OCH3 is 1. The maximum absolute atomic E-state index is 5.85. The zero-order valence-electron chi connectivity index (χ0n) is 10.3. The Hall–Kier alpha value is -0.770. The molecule has 2 rings (SSSR count). The first-order chi connectivity index (χ1) is 7.70. The van der Waals surface area contributed by atoms with Crippen LogP contribution in [0.4, 0.5) is 0 Å². The van der Waals surface area contributed by atoms with Gasteiger partial charge in [-0.25, -0.2) is 4.99 Å². The molecule has 3 N–H and O–H groups in total. The third-order valence-corrected chi connectivity index (χ3v) is 3.68. The van der Waals surface area contributed by atoms with Crippen molar-refractivity contribution in [1.29, 1.82) is 0 Å². The second-order valence-electron chi connectivity index (χ2n) is 5.17. The van der Waals surface area contributed by atoms with Crippen molar-refractivity contribution in [2.75, 3.05) is 13.7 Å². The number of nitrogens with one attached hydrogen (secondary N) is 1. The van der Waals surface area contributed by atoms with Crippen molar-refractivity contribution in [2.45, 2.75) is 44.7 Å². The fraction of sp³-hybridized carbons (Fsp3) is 0.917. The first-order valence-corrected chi connectivity index (χ1v) is 6.29. The number of hydrogen-bond acceptors (Lipinski definition) is 2. The van der Waals surface area contributed by atoms with Gasteiger partial charge in [-0.05, 0) is 25.2 Å². The van der Waals surface area contributed by atoms with Crippen LogP contribution < -0.4 is 11.1 Å². The van der Waals surface area contributed by atoms with Crippen LogP contribution in [0.15, 0.2) is 4.99 Å². The molecule has 3 atom stereocenters. The molecule has 2 aliphatic rings. The maximum Gasteiger partial charge on any atom is 0.189 e. The molecule has 0 aromatic heterocycles. The van der Waals surface area contributed by atoms with Crippen LogP contribution in [-0.2, 0) is 4.74 Å². The van der Waals surface area contributed by atoms with Gasteiger partial charge in [0.25, 0.3) is 0 Å². The SMILES string of the molecule is COCC(C)NC(N)=N[C@@H]1C[C@H]1C1CCC1. The third kappa shape index (κ3) is 2.88. The molecule has 0 spiro atoms. The van der Waals surface area contributed by atoms with Gasteiger partial charge < -0.3 is 15.8 Å². The lowest BCUT2D eigenvalue weighted by Gasteiger charge is -2.25. The van der Waals surface area contributed by atoms with Crippen LogP contribution in [0.5, 0.6) is 0 Å². The minimum atomic E-state index is 0.231. The number of guanidine groups is 1. The second-order valence-corrected chi connectivity index (χ2v) is 5.17. The van der Waals surface area contributed by atoms with Crippen LogP contribution in [0.3, 0.4) is 0 Å². The van der Waals surface area contributed by atoms with E-state index in [4.69, 9.17) is 10.5 Å². The van der Waals surface area contributed by atoms with Crippen LogP contribution in [0, 0.1) is 11.8 Å². The predicted molar refractivity (Wildman–Crippen MR) is 65.3 cm³/mol. The first-order valence-electron chi connectivity index (χ1n) is 6.29. The standard InChI is InChI=1S/C12H23N3O/c1-8(7-16-2)14-12(13)15-11-6-10(11)9-4-3-5-9/h8-11H,3-7H2,1-2H3,(H3,13,14,15)/t8?,10-,11+/m0/s1. The molecule has 2 fully saturated rings. The number of nitrogens with two attached hydrogens (primary N) is 1. The van der Waals surface area contributed by atoms with E-state index in [1.165, 1.54) is 25.7 Å². The summed E-state index contributed by atoms with van der Waals surface area (Å²) in [4.78, 5) is 4.52. The van der Waals surface area contributed by atoms with Gasteiger partial charge in [0.05, 0.1) is 12.6 Å². The summed E-state index contributed by atoms with van der Waals surface area (Å²) in [6.07, 6.45) is 5.47. The van der Waals surface area contributed by atoms with E-state index in [0.29, 0.717) is 18.6 Å². The van der Waals surface area contributed by atoms with Crippen molar-refractivity contribution in [3.05, 3.63) is 0 Å². The van der Waals surface area contributed by atoms with Crippen molar-refractivity contribution in [2.24, 2.45) is 22.6 Å². The van der Waals surface area contributed by atoms with Gasteiger partial charge in [0.15, 0.2) is 5.96 Å². The van der Waals surface area contributed by atoms with E-state index >= 15 is 0 Å². The Morgan fingerprint density at radius 3 is 2.88 bits per heavy atom. The van der Waals surface area contributed by atoms with Gasteiger partial charge in [0.1, 0.15) is 0 Å². The summed E-state index contributed by atoms with van der Waals surface area (Å²) < 4.78 is 5.04. The van der Waals surface area contributed by atoms with Crippen molar-refractivity contribution in [1.82, 2.24) is 5.32 Å². The number of hydrogen-bond donors (Lipinski definition) is 2. The summed E-state index contributed by atoms with van der Waals surface area (Å²) in [5.74, 6) is 2.35. The normalized spacial score (nSPS) is 32.0. The molecule has 16 heavy (non-hydrogen) atoms. The lowest BCUT2D eigenvalue weighted by molar-refractivity contribution is 0.179. The Morgan fingerprint density at radius 2 is 2.31 bits per heavy atom. The summed E-state index contributed by atoms with van der Waals surface area (Å²) in [6.45, 7) is 2.70. The van der Waals surface area contributed by atoms with Crippen molar-refractivity contribution in [3.63, 3.8) is 0 Å². The second kappa shape index (κ2) is 5.04. The Labute approximate surface area is 97.6 Å². The molecule has 0 heterocycles. The van der Waals surface area contributed by atoms with Crippen LogP contribution in [-0.4, -0.2) is 31.8 Å². The fourth-order valence-electron chi connectivity index (χ4n) is 2.48. The van der Waals surface area contributed by atoms with Gasteiger partial charge in [-0.15, -0.1) is 0 Å². The van der Waals surface area contributed by atoms with Gasteiger partial charge in [0, 0.05) is 13.2 Å². The monoisotopic (exact) mass is 225 g/mol. The molecule has 0 aromatic rings. The van der Waals surface area contributed by atoms with Gasteiger partial charge in [-0.3, -0.25) is 0 Å². The highest BCUT2D eigenvalue weighted by atomic mass is 16.5. The third-order valence-electron chi connectivity index (χ3n) is 3.68. The van der Waals surface area contributed by atoms with E-state index in [-0.39, 0.29) is 6.04 Å². The lowest BCUT2D eigenvalue weighted by Crippen LogP contribution is -2.41. The highest BCUT2D eigenvalue weighted by Gasteiger charge is 2.45. The molecule has 0 saturated heterocycles. The molecule has 0 aliphatic heterocycles. The topological polar surface area (TPSA) is 59.6 Å². The summed E-state index contributed by atoms with van der Waals surface area (Å²) >= 11 is 0.